The number of nitrogens with two attached hydrogens (primary N) is 1. The first-order chi connectivity index (χ1) is 18.1. The van der Waals surface area contributed by atoms with E-state index in [9.17, 15) is 4.79 Å². The van der Waals surface area contributed by atoms with E-state index in [1.807, 2.05) is 6.07 Å². The lowest BCUT2D eigenvalue weighted by atomic mass is 10.0. The number of halogens is 2. The van der Waals surface area contributed by atoms with Crippen molar-refractivity contribution in [3.8, 4) is 5.75 Å². The predicted molar refractivity (Wildman–Crippen MR) is 143 cm³/mol. The number of carbonyl (C=O) groups is 3. The number of carbonyl (C=O) groups excluding carboxylic acids is 1. The minimum Gasteiger partial charge on any atom is -0.496 e. The number of hydrogen-bond donors (Lipinski definition) is 5. The van der Waals surface area contributed by atoms with Crippen LogP contribution in [0.5, 0.6) is 5.75 Å². The first-order valence-corrected chi connectivity index (χ1v) is 12.3. The van der Waals surface area contributed by atoms with Crippen molar-refractivity contribution in [1.82, 2.24) is 15.2 Å². The Kier molecular flexibility index (Phi) is 12.3. The molecule has 3 rings (SSSR count). The summed E-state index contributed by atoms with van der Waals surface area (Å²) < 4.78 is 11.0. The average molecular weight is 572 g/mol. The number of hydrogen-bond acceptors (Lipinski definition) is 9. The molecule has 0 aliphatic carbocycles. The average Bonchev–Trinajstić information content (AvgIpc) is 2.89. The van der Waals surface area contributed by atoms with Crippen molar-refractivity contribution >= 4 is 52.6 Å². The van der Waals surface area contributed by atoms with E-state index in [1.165, 1.54) is 13.2 Å². The lowest BCUT2D eigenvalue weighted by molar-refractivity contribution is -0.159. The van der Waals surface area contributed by atoms with Gasteiger partial charge in [0.15, 0.2) is 0 Å². The Labute approximate surface area is 230 Å². The normalized spacial score (nSPS) is 17.1. The first-order valence-electron chi connectivity index (χ1n) is 11.6. The number of aromatic nitrogens is 1. The molecule has 14 heteroatoms. The number of nitrogen functional groups attached to an aromatic ring is 1. The highest BCUT2D eigenvalue weighted by molar-refractivity contribution is 6.33. The SMILES string of the molecule is COc1cc(N)c(Cl)cc1C(=O)NC1CCN(CCCNc2ncccc2Cl)CC1OC.O=C(O)C(=O)O. The number of nitrogens with one attached hydrogen (secondary N) is 2. The number of anilines is 2. The molecular weight excluding hydrogens is 541 g/mol. The number of likely N-dealkylation sites (tertiary alicyclic amines) is 1. The molecule has 12 nitrogen and oxygen atoms in total. The molecule has 0 saturated carbocycles. The second-order valence-corrected chi connectivity index (χ2v) is 9.06. The van der Waals surface area contributed by atoms with Gasteiger partial charge in [-0.3, -0.25) is 4.79 Å². The monoisotopic (exact) mass is 571 g/mol. The molecule has 2 atom stereocenters. The van der Waals surface area contributed by atoms with Crippen molar-refractivity contribution in [2.24, 2.45) is 0 Å². The summed E-state index contributed by atoms with van der Waals surface area (Å²) >= 11 is 12.2. The van der Waals surface area contributed by atoms with Gasteiger partial charge in [0.1, 0.15) is 11.6 Å². The molecule has 2 heterocycles. The summed E-state index contributed by atoms with van der Waals surface area (Å²) in [4.78, 5) is 37.7. The number of rotatable bonds is 9. The molecule has 208 valence electrons. The number of methoxy groups -OCH3 is 2. The minimum atomic E-state index is -1.82. The summed E-state index contributed by atoms with van der Waals surface area (Å²) in [5.74, 6) is -2.83. The second kappa shape index (κ2) is 15.2. The van der Waals surface area contributed by atoms with Crippen LogP contribution < -0.4 is 21.1 Å². The molecule has 38 heavy (non-hydrogen) atoms. The topological polar surface area (TPSA) is 176 Å². The number of amides is 1. The summed E-state index contributed by atoms with van der Waals surface area (Å²) in [5.41, 5.74) is 6.53. The number of aliphatic carboxylic acids is 2. The summed E-state index contributed by atoms with van der Waals surface area (Å²) in [5, 5.41) is 22.0. The fraction of sp³-hybridized carbons (Fsp3) is 0.417. The molecule has 2 unspecified atom stereocenters. The number of carboxylic acid groups (broad SMARTS) is 2. The molecule has 1 amide bonds. The largest absolute Gasteiger partial charge is 0.496 e. The van der Waals surface area contributed by atoms with Crippen molar-refractivity contribution in [3.05, 3.63) is 46.1 Å². The van der Waals surface area contributed by atoms with E-state index < -0.39 is 11.9 Å². The van der Waals surface area contributed by atoms with Gasteiger partial charge in [-0.15, -0.1) is 0 Å². The summed E-state index contributed by atoms with van der Waals surface area (Å²) in [6.07, 6.45) is 3.29. The van der Waals surface area contributed by atoms with Gasteiger partial charge in [-0.1, -0.05) is 23.2 Å². The molecule has 0 spiro atoms. The van der Waals surface area contributed by atoms with Crippen molar-refractivity contribution < 1.29 is 34.1 Å². The van der Waals surface area contributed by atoms with Gasteiger partial charge < -0.3 is 41.0 Å². The van der Waals surface area contributed by atoms with Crippen LogP contribution >= 0.6 is 23.2 Å². The fourth-order valence-electron chi connectivity index (χ4n) is 3.77. The van der Waals surface area contributed by atoms with Gasteiger partial charge in [-0.2, -0.15) is 0 Å². The molecule has 1 aliphatic heterocycles. The smallest absolute Gasteiger partial charge is 0.414 e. The molecule has 6 N–H and O–H groups in total. The second-order valence-electron chi connectivity index (χ2n) is 8.24. The highest BCUT2D eigenvalue weighted by atomic mass is 35.5. The molecule has 1 saturated heterocycles. The molecule has 0 bridgehead atoms. The Balaban J connectivity index is 0.000000757. The molecule has 1 fully saturated rings. The van der Waals surface area contributed by atoms with Gasteiger partial charge in [-0.05, 0) is 37.6 Å². The van der Waals surface area contributed by atoms with Crippen molar-refractivity contribution in [2.75, 3.05) is 51.4 Å². The summed E-state index contributed by atoms with van der Waals surface area (Å²) in [6, 6.07) is 6.59. The van der Waals surface area contributed by atoms with Crippen molar-refractivity contribution in [3.63, 3.8) is 0 Å². The predicted octanol–water partition coefficient (Wildman–Crippen LogP) is 2.46. The van der Waals surface area contributed by atoms with Crippen LogP contribution in [-0.2, 0) is 14.3 Å². The zero-order chi connectivity index (χ0) is 28.2. The standard InChI is InChI=1S/C22H29Cl2N5O3.C2H2O4/c1-31-19-12-17(25)16(24)11-14(19)22(30)28-18-6-10-29(13-20(18)32-2)9-4-8-27-21-15(23)5-3-7-26-21;3-1(4)2(5)6/h3,5,7,11-12,18,20H,4,6,8-10,13,25H2,1-2H3,(H,26,27)(H,28,30);(H,3,4)(H,5,6). The highest BCUT2D eigenvalue weighted by Crippen LogP contribution is 2.29. The van der Waals surface area contributed by atoms with Crippen LogP contribution in [0.2, 0.25) is 10.0 Å². The third-order valence-electron chi connectivity index (χ3n) is 5.71. The lowest BCUT2D eigenvalue weighted by Crippen LogP contribution is -2.55. The number of pyridine rings is 1. The Morgan fingerprint density at radius 2 is 1.89 bits per heavy atom. The van der Waals surface area contributed by atoms with Gasteiger partial charge in [-0.25, -0.2) is 14.6 Å². The molecule has 1 aromatic heterocycles. The maximum atomic E-state index is 12.9. The minimum absolute atomic E-state index is 0.116. The lowest BCUT2D eigenvalue weighted by Gasteiger charge is -2.38. The Bertz CT molecular complexity index is 1110. The van der Waals surface area contributed by atoms with E-state index in [-0.39, 0.29) is 18.1 Å². The van der Waals surface area contributed by atoms with Gasteiger partial charge in [0, 0.05) is 39.0 Å². The van der Waals surface area contributed by atoms with E-state index in [4.69, 9.17) is 58.2 Å². The molecule has 1 aliphatic rings. The number of carboxylic acids is 2. The number of benzene rings is 1. The highest BCUT2D eigenvalue weighted by Gasteiger charge is 2.31. The van der Waals surface area contributed by atoms with E-state index in [0.29, 0.717) is 32.9 Å². The van der Waals surface area contributed by atoms with E-state index in [0.717, 1.165) is 39.0 Å². The van der Waals surface area contributed by atoms with Gasteiger partial charge >= 0.3 is 11.9 Å². The number of piperidine rings is 1. The van der Waals surface area contributed by atoms with E-state index >= 15 is 0 Å². The fourth-order valence-corrected chi connectivity index (χ4v) is 4.13. The third-order valence-corrected chi connectivity index (χ3v) is 6.34. The Morgan fingerprint density at radius 3 is 2.50 bits per heavy atom. The zero-order valence-electron chi connectivity index (χ0n) is 20.9. The van der Waals surface area contributed by atoms with Crippen LogP contribution in [-0.4, -0.2) is 90.5 Å². The van der Waals surface area contributed by atoms with Crippen LogP contribution in [0.1, 0.15) is 23.2 Å². The summed E-state index contributed by atoms with van der Waals surface area (Å²) in [7, 11) is 3.16. The molecule has 1 aromatic carbocycles. The Morgan fingerprint density at radius 1 is 1.18 bits per heavy atom. The summed E-state index contributed by atoms with van der Waals surface area (Å²) in [6.45, 7) is 3.25. The van der Waals surface area contributed by atoms with Gasteiger partial charge in [0.05, 0.1) is 40.6 Å². The van der Waals surface area contributed by atoms with Crippen LogP contribution in [0.15, 0.2) is 30.5 Å². The third kappa shape index (κ3) is 9.21. The van der Waals surface area contributed by atoms with Crippen LogP contribution in [0, 0.1) is 0 Å². The van der Waals surface area contributed by atoms with Gasteiger partial charge in [0.2, 0.25) is 0 Å². The van der Waals surface area contributed by atoms with Crippen molar-refractivity contribution in [2.45, 2.75) is 25.0 Å². The number of nitrogens with zero attached hydrogens (tertiary/aromatic N) is 2. The van der Waals surface area contributed by atoms with Gasteiger partial charge in [0.25, 0.3) is 5.91 Å². The van der Waals surface area contributed by atoms with E-state index in [2.05, 4.69) is 20.5 Å². The maximum absolute atomic E-state index is 12.9. The maximum Gasteiger partial charge on any atom is 0.414 e. The molecule has 2 aromatic rings. The molecule has 0 radical (unpaired) electrons. The van der Waals surface area contributed by atoms with Crippen molar-refractivity contribution in [1.29, 1.82) is 0 Å². The zero-order valence-corrected chi connectivity index (χ0v) is 22.5. The quantitative estimate of drug-likeness (QED) is 0.169. The first kappa shape index (κ1) is 30.9. The van der Waals surface area contributed by atoms with Crippen LogP contribution in [0.3, 0.4) is 0 Å². The van der Waals surface area contributed by atoms with E-state index in [1.54, 1.807) is 25.4 Å². The Hall–Kier alpha value is -3.32. The van der Waals surface area contributed by atoms with Crippen LogP contribution in [0.25, 0.3) is 0 Å². The molecular formula is C24H31Cl2N5O7. The number of ether oxygens (including phenoxy) is 2. The van der Waals surface area contributed by atoms with Crippen LogP contribution in [0.4, 0.5) is 11.5 Å².